The summed E-state index contributed by atoms with van der Waals surface area (Å²) < 4.78 is 11.1. The second kappa shape index (κ2) is 5.81. The number of benzene rings is 1. The van der Waals surface area contributed by atoms with Crippen molar-refractivity contribution < 1.29 is 24.2 Å². The van der Waals surface area contributed by atoms with Crippen LogP contribution in [-0.4, -0.2) is 34.4 Å². The molecule has 0 saturated heterocycles. The SMILES string of the molecule is COC(=O)C(O)c1ccc2cn(C(=O)OC(C)(C)C)cc2c1. The van der Waals surface area contributed by atoms with Crippen molar-refractivity contribution in [2.24, 2.45) is 0 Å². The number of carbonyl (C=O) groups excluding carboxylic acids is 2. The van der Waals surface area contributed by atoms with E-state index in [-0.39, 0.29) is 0 Å². The number of aliphatic hydroxyl groups excluding tert-OH is 1. The van der Waals surface area contributed by atoms with Crippen LogP contribution in [0.5, 0.6) is 0 Å². The largest absolute Gasteiger partial charge is 0.467 e. The lowest BCUT2D eigenvalue weighted by molar-refractivity contribution is -0.150. The molecule has 0 fully saturated rings. The number of hydrogen-bond donors (Lipinski definition) is 1. The highest BCUT2D eigenvalue weighted by atomic mass is 16.6. The number of rotatable bonds is 2. The third-order valence-corrected chi connectivity index (χ3v) is 3.01. The van der Waals surface area contributed by atoms with Gasteiger partial charge >= 0.3 is 12.1 Å². The van der Waals surface area contributed by atoms with E-state index in [1.807, 2.05) is 0 Å². The van der Waals surface area contributed by atoms with Gasteiger partial charge < -0.3 is 14.6 Å². The topological polar surface area (TPSA) is 77.8 Å². The molecule has 6 nitrogen and oxygen atoms in total. The number of hydrogen-bond acceptors (Lipinski definition) is 5. The number of methoxy groups -OCH3 is 1. The molecule has 0 saturated carbocycles. The van der Waals surface area contributed by atoms with E-state index in [0.717, 1.165) is 5.39 Å². The number of fused-ring (bicyclic) bond motifs is 1. The molecule has 0 radical (unpaired) electrons. The highest BCUT2D eigenvalue weighted by Gasteiger charge is 2.20. The molecule has 0 amide bonds. The molecule has 1 unspecified atom stereocenters. The molecule has 0 aliphatic rings. The molecule has 0 spiro atoms. The average Bonchev–Trinajstić information content (AvgIpc) is 2.86. The van der Waals surface area contributed by atoms with Gasteiger partial charge in [0.1, 0.15) is 5.60 Å². The first-order chi connectivity index (χ1) is 10.2. The Morgan fingerprint density at radius 2 is 1.82 bits per heavy atom. The van der Waals surface area contributed by atoms with E-state index < -0.39 is 23.8 Å². The van der Waals surface area contributed by atoms with Crippen LogP contribution >= 0.6 is 0 Å². The molecule has 1 atom stereocenters. The van der Waals surface area contributed by atoms with Gasteiger partial charge in [0.05, 0.1) is 7.11 Å². The minimum atomic E-state index is -1.35. The zero-order valence-electron chi connectivity index (χ0n) is 13.0. The Balaban J connectivity index is 2.32. The summed E-state index contributed by atoms with van der Waals surface area (Å²) in [5.41, 5.74) is -0.180. The number of ether oxygens (including phenoxy) is 2. The molecule has 22 heavy (non-hydrogen) atoms. The maximum atomic E-state index is 12.0. The molecule has 1 N–H and O–H groups in total. The van der Waals surface area contributed by atoms with Crippen molar-refractivity contribution >= 4 is 22.8 Å². The summed E-state index contributed by atoms with van der Waals surface area (Å²) in [6.07, 6.45) is 1.40. The van der Waals surface area contributed by atoms with Crippen LogP contribution in [0.2, 0.25) is 0 Å². The lowest BCUT2D eigenvalue weighted by atomic mass is 10.1. The Bertz CT molecular complexity index is 711. The Kier molecular flexibility index (Phi) is 4.23. The molecule has 6 heteroatoms. The molecular formula is C16H19NO5. The van der Waals surface area contributed by atoms with Gasteiger partial charge in [-0.2, -0.15) is 0 Å². The van der Waals surface area contributed by atoms with Gasteiger partial charge in [-0.05, 0) is 37.8 Å². The number of nitrogens with zero attached hydrogens (tertiary/aromatic N) is 1. The lowest BCUT2D eigenvalue weighted by Crippen LogP contribution is -2.26. The van der Waals surface area contributed by atoms with Crippen LogP contribution in [0.3, 0.4) is 0 Å². The van der Waals surface area contributed by atoms with Gasteiger partial charge in [0.2, 0.25) is 0 Å². The van der Waals surface area contributed by atoms with Gasteiger partial charge in [0.25, 0.3) is 0 Å². The summed E-state index contributed by atoms with van der Waals surface area (Å²) in [7, 11) is 1.21. The maximum absolute atomic E-state index is 12.0. The highest BCUT2D eigenvalue weighted by molar-refractivity contribution is 5.88. The van der Waals surface area contributed by atoms with Crippen LogP contribution in [0.25, 0.3) is 10.8 Å². The van der Waals surface area contributed by atoms with Gasteiger partial charge in [0, 0.05) is 17.8 Å². The smallest absolute Gasteiger partial charge is 0.418 e. The van der Waals surface area contributed by atoms with E-state index >= 15 is 0 Å². The molecule has 1 aromatic heterocycles. The zero-order chi connectivity index (χ0) is 16.5. The Morgan fingerprint density at radius 3 is 2.41 bits per heavy atom. The van der Waals surface area contributed by atoms with Crippen molar-refractivity contribution in [1.82, 2.24) is 4.57 Å². The minimum Gasteiger partial charge on any atom is -0.467 e. The maximum Gasteiger partial charge on any atom is 0.418 e. The summed E-state index contributed by atoms with van der Waals surface area (Å²) in [6.45, 7) is 5.37. The first-order valence-corrected chi connectivity index (χ1v) is 6.82. The highest BCUT2D eigenvalue weighted by Crippen LogP contribution is 2.23. The monoisotopic (exact) mass is 305 g/mol. The van der Waals surface area contributed by atoms with Crippen molar-refractivity contribution in [2.75, 3.05) is 7.11 Å². The minimum absolute atomic E-state index is 0.404. The molecule has 0 aliphatic heterocycles. The molecule has 1 aromatic carbocycles. The zero-order valence-corrected chi connectivity index (χ0v) is 13.0. The predicted molar refractivity (Wildman–Crippen MR) is 80.5 cm³/mol. The third kappa shape index (κ3) is 3.46. The lowest BCUT2D eigenvalue weighted by Gasteiger charge is -2.19. The number of aliphatic hydroxyl groups is 1. The van der Waals surface area contributed by atoms with Gasteiger partial charge in [-0.1, -0.05) is 12.1 Å². The molecule has 0 aliphatic carbocycles. The fraction of sp³-hybridized carbons (Fsp3) is 0.375. The number of aromatic nitrogens is 1. The van der Waals surface area contributed by atoms with E-state index in [1.165, 1.54) is 11.7 Å². The first kappa shape index (κ1) is 16.0. The number of esters is 1. The van der Waals surface area contributed by atoms with Gasteiger partial charge in [-0.25, -0.2) is 9.59 Å². The van der Waals surface area contributed by atoms with E-state index in [9.17, 15) is 14.7 Å². The quantitative estimate of drug-likeness (QED) is 0.863. The third-order valence-electron chi connectivity index (χ3n) is 3.01. The van der Waals surface area contributed by atoms with Crippen molar-refractivity contribution in [3.05, 3.63) is 36.2 Å². The molecule has 2 aromatic rings. The summed E-state index contributed by atoms with van der Waals surface area (Å²) in [4.78, 5) is 23.4. The summed E-state index contributed by atoms with van der Waals surface area (Å²) >= 11 is 0. The van der Waals surface area contributed by atoms with Gasteiger partial charge in [-0.15, -0.1) is 0 Å². The van der Waals surface area contributed by atoms with Crippen LogP contribution in [-0.2, 0) is 14.3 Å². The van der Waals surface area contributed by atoms with Crippen LogP contribution < -0.4 is 0 Å². The Labute approximate surface area is 128 Å². The second-order valence-electron chi connectivity index (χ2n) is 5.96. The fourth-order valence-electron chi connectivity index (χ4n) is 2.00. The van der Waals surface area contributed by atoms with Crippen LogP contribution in [0.4, 0.5) is 4.79 Å². The second-order valence-corrected chi connectivity index (χ2v) is 5.96. The van der Waals surface area contributed by atoms with E-state index in [1.54, 1.807) is 51.4 Å². The summed E-state index contributed by atoms with van der Waals surface area (Å²) in [5, 5.41) is 11.4. The Hall–Kier alpha value is -2.34. The molecule has 118 valence electrons. The van der Waals surface area contributed by atoms with Crippen molar-refractivity contribution in [3.8, 4) is 0 Å². The summed E-state index contributed by atoms with van der Waals surface area (Å²) in [5.74, 6) is -0.731. The van der Waals surface area contributed by atoms with Gasteiger partial charge in [0.15, 0.2) is 6.10 Å². The summed E-state index contributed by atoms with van der Waals surface area (Å²) in [6, 6.07) is 4.97. The van der Waals surface area contributed by atoms with Crippen LogP contribution in [0.15, 0.2) is 30.6 Å². The van der Waals surface area contributed by atoms with Crippen molar-refractivity contribution in [3.63, 3.8) is 0 Å². The molecule has 2 rings (SSSR count). The first-order valence-electron chi connectivity index (χ1n) is 6.82. The molecule has 0 bridgehead atoms. The van der Waals surface area contributed by atoms with Crippen molar-refractivity contribution in [1.29, 1.82) is 0 Å². The predicted octanol–water partition coefficient (Wildman–Crippen LogP) is 2.63. The van der Waals surface area contributed by atoms with E-state index in [0.29, 0.717) is 10.9 Å². The molecule has 1 heterocycles. The molecular weight excluding hydrogens is 286 g/mol. The van der Waals surface area contributed by atoms with Crippen LogP contribution in [0, 0.1) is 0 Å². The number of carbonyl (C=O) groups is 2. The van der Waals surface area contributed by atoms with E-state index in [2.05, 4.69) is 4.74 Å². The van der Waals surface area contributed by atoms with Gasteiger partial charge in [-0.3, -0.25) is 4.57 Å². The fourth-order valence-corrected chi connectivity index (χ4v) is 2.00. The standard InChI is InChI=1S/C16H19NO5/c1-16(2,3)22-15(20)17-8-11-6-5-10(7-12(11)9-17)13(18)14(19)21-4/h5-9,13,18H,1-4H3. The average molecular weight is 305 g/mol. The van der Waals surface area contributed by atoms with Crippen molar-refractivity contribution in [2.45, 2.75) is 32.5 Å². The normalized spacial score (nSPS) is 13.0. The Morgan fingerprint density at radius 1 is 1.18 bits per heavy atom. The van der Waals surface area contributed by atoms with Crippen LogP contribution in [0.1, 0.15) is 32.4 Å². The van der Waals surface area contributed by atoms with E-state index in [4.69, 9.17) is 4.74 Å².